The van der Waals surface area contributed by atoms with E-state index >= 15 is 0 Å². The molecule has 5 nitrogen and oxygen atoms in total. The van der Waals surface area contributed by atoms with Gasteiger partial charge in [0.25, 0.3) is 0 Å². The molecule has 0 aliphatic heterocycles. The lowest BCUT2D eigenvalue weighted by Gasteiger charge is -2.08. The molecule has 2 aromatic rings. The van der Waals surface area contributed by atoms with E-state index < -0.39 is 0 Å². The van der Waals surface area contributed by atoms with Crippen LogP contribution in [0.15, 0.2) is 53.5 Å². The zero-order valence-corrected chi connectivity index (χ0v) is 14.3. The van der Waals surface area contributed by atoms with Crippen molar-refractivity contribution in [3.05, 3.63) is 65.2 Å². The monoisotopic (exact) mass is 336 g/mol. The quantitative estimate of drug-likeness (QED) is 0.560. The van der Waals surface area contributed by atoms with E-state index in [4.69, 9.17) is 5.73 Å². The molecule has 0 heterocycles. The van der Waals surface area contributed by atoms with Crippen molar-refractivity contribution in [3.8, 4) is 0 Å². The summed E-state index contributed by atoms with van der Waals surface area (Å²) >= 11 is 0. The molecule has 4 N–H and O–H groups in total. The summed E-state index contributed by atoms with van der Waals surface area (Å²) in [6.07, 6.45) is 3.83. The van der Waals surface area contributed by atoms with Gasteiger partial charge in [-0.25, -0.2) is 0 Å². The van der Waals surface area contributed by atoms with Gasteiger partial charge in [0.1, 0.15) is 0 Å². The number of rotatable bonds is 6. The Bertz CT molecular complexity index is 756. The Morgan fingerprint density at radius 1 is 1.08 bits per heavy atom. The van der Waals surface area contributed by atoms with Gasteiger partial charge in [-0.2, -0.15) is 0 Å². The van der Waals surface area contributed by atoms with Gasteiger partial charge in [-0.1, -0.05) is 36.4 Å². The summed E-state index contributed by atoms with van der Waals surface area (Å²) in [7, 11) is 0. The van der Waals surface area contributed by atoms with Gasteiger partial charge in [0.05, 0.1) is 6.54 Å². The van der Waals surface area contributed by atoms with E-state index in [0.717, 1.165) is 24.1 Å². The number of nitrogens with one attached hydrogen (secondary N) is 2. The molecule has 0 spiro atoms. The number of fused-ring (bicyclic) bond motifs is 1. The summed E-state index contributed by atoms with van der Waals surface area (Å²) in [5.41, 5.74) is 10.8. The standard InChI is InChI=1S/C20H24N4O/c21-20(24-18-10-9-16-7-4-8-17(16)13-18)22-12-11-19(25)23-14-15-5-2-1-3-6-15/h1-3,5-6,9-10,13H,4,7-8,11-12,14H2,(H,23,25)(H3,21,22,24). The first-order chi connectivity index (χ1) is 12.2. The number of nitrogens with zero attached hydrogens (tertiary/aromatic N) is 1. The third kappa shape index (κ3) is 5.08. The van der Waals surface area contributed by atoms with Crippen LogP contribution in [0.25, 0.3) is 0 Å². The first kappa shape index (κ1) is 17.0. The largest absolute Gasteiger partial charge is 0.370 e. The zero-order valence-electron chi connectivity index (χ0n) is 14.3. The Hall–Kier alpha value is -2.82. The molecule has 5 heteroatoms. The molecule has 25 heavy (non-hydrogen) atoms. The van der Waals surface area contributed by atoms with Crippen molar-refractivity contribution in [2.75, 3.05) is 11.9 Å². The maximum Gasteiger partial charge on any atom is 0.222 e. The Kier molecular flexibility index (Phi) is 5.67. The molecule has 1 aliphatic carbocycles. The molecular weight excluding hydrogens is 312 g/mol. The van der Waals surface area contributed by atoms with Crippen molar-refractivity contribution >= 4 is 17.6 Å². The molecule has 130 valence electrons. The van der Waals surface area contributed by atoms with Gasteiger partial charge in [0.15, 0.2) is 5.96 Å². The van der Waals surface area contributed by atoms with E-state index in [9.17, 15) is 4.79 Å². The molecule has 0 bridgehead atoms. The fraction of sp³-hybridized carbons (Fsp3) is 0.300. The second-order valence-corrected chi connectivity index (χ2v) is 6.24. The molecule has 2 aromatic carbocycles. The lowest BCUT2D eigenvalue weighted by Crippen LogP contribution is -2.25. The molecule has 1 aliphatic rings. The highest BCUT2D eigenvalue weighted by Crippen LogP contribution is 2.24. The van der Waals surface area contributed by atoms with Crippen LogP contribution in [0.4, 0.5) is 5.69 Å². The average Bonchev–Trinajstić information content (AvgIpc) is 3.08. The first-order valence-electron chi connectivity index (χ1n) is 8.70. The van der Waals surface area contributed by atoms with E-state index in [1.165, 1.54) is 17.5 Å². The molecule has 0 aromatic heterocycles. The zero-order chi connectivity index (χ0) is 17.5. The minimum Gasteiger partial charge on any atom is -0.370 e. The van der Waals surface area contributed by atoms with Gasteiger partial charge in [-0.05, 0) is 48.1 Å². The highest BCUT2D eigenvalue weighted by molar-refractivity contribution is 5.92. The average molecular weight is 336 g/mol. The van der Waals surface area contributed by atoms with E-state index in [0.29, 0.717) is 25.5 Å². The van der Waals surface area contributed by atoms with Crippen molar-refractivity contribution < 1.29 is 4.79 Å². The van der Waals surface area contributed by atoms with Crippen LogP contribution in [-0.2, 0) is 24.2 Å². The van der Waals surface area contributed by atoms with Gasteiger partial charge in [-0.3, -0.25) is 9.79 Å². The van der Waals surface area contributed by atoms with Crippen molar-refractivity contribution in [1.29, 1.82) is 0 Å². The minimum absolute atomic E-state index is 0.0297. The van der Waals surface area contributed by atoms with Crippen LogP contribution < -0.4 is 16.4 Å². The fourth-order valence-corrected chi connectivity index (χ4v) is 3.00. The third-order valence-corrected chi connectivity index (χ3v) is 4.32. The van der Waals surface area contributed by atoms with Crippen molar-refractivity contribution in [2.24, 2.45) is 10.7 Å². The van der Waals surface area contributed by atoms with E-state index in [1.807, 2.05) is 36.4 Å². The summed E-state index contributed by atoms with van der Waals surface area (Å²) in [6, 6.07) is 16.1. The number of amides is 1. The molecule has 0 unspecified atom stereocenters. The van der Waals surface area contributed by atoms with Gasteiger partial charge in [0, 0.05) is 18.7 Å². The second-order valence-electron chi connectivity index (χ2n) is 6.24. The van der Waals surface area contributed by atoms with E-state index in [-0.39, 0.29) is 5.91 Å². The van der Waals surface area contributed by atoms with Crippen LogP contribution >= 0.6 is 0 Å². The number of guanidine groups is 1. The molecule has 0 atom stereocenters. The third-order valence-electron chi connectivity index (χ3n) is 4.32. The number of hydrogen-bond donors (Lipinski definition) is 3. The number of benzene rings is 2. The van der Waals surface area contributed by atoms with E-state index in [1.54, 1.807) is 0 Å². The number of aliphatic imine (C=N–C) groups is 1. The summed E-state index contributed by atoms with van der Waals surface area (Å²) in [5.74, 6) is 0.312. The Morgan fingerprint density at radius 3 is 2.72 bits per heavy atom. The molecule has 0 saturated carbocycles. The Morgan fingerprint density at radius 2 is 1.88 bits per heavy atom. The minimum atomic E-state index is -0.0297. The van der Waals surface area contributed by atoms with Crippen LogP contribution in [0.3, 0.4) is 0 Å². The molecule has 3 rings (SSSR count). The number of carbonyl (C=O) groups excluding carboxylic acids is 1. The molecule has 0 radical (unpaired) electrons. The highest BCUT2D eigenvalue weighted by atomic mass is 16.1. The van der Waals surface area contributed by atoms with Crippen molar-refractivity contribution in [3.63, 3.8) is 0 Å². The fourth-order valence-electron chi connectivity index (χ4n) is 3.00. The van der Waals surface area contributed by atoms with Gasteiger partial charge >= 0.3 is 0 Å². The van der Waals surface area contributed by atoms with Crippen molar-refractivity contribution in [2.45, 2.75) is 32.2 Å². The number of nitrogens with two attached hydrogens (primary N) is 1. The molecule has 0 fully saturated rings. The Labute approximate surface area is 148 Å². The topological polar surface area (TPSA) is 79.5 Å². The van der Waals surface area contributed by atoms with Crippen LogP contribution in [-0.4, -0.2) is 18.4 Å². The normalized spacial score (nSPS) is 13.4. The number of aryl methyl sites for hydroxylation is 2. The smallest absolute Gasteiger partial charge is 0.222 e. The van der Waals surface area contributed by atoms with E-state index in [2.05, 4.69) is 27.8 Å². The number of carbonyl (C=O) groups is 1. The van der Waals surface area contributed by atoms with Gasteiger partial charge in [0.2, 0.25) is 5.91 Å². The SMILES string of the molecule is NC(=NCCC(=O)NCc1ccccc1)Nc1ccc2c(c1)CCC2. The molecule has 1 amide bonds. The highest BCUT2D eigenvalue weighted by Gasteiger charge is 2.10. The van der Waals surface area contributed by atoms with Crippen molar-refractivity contribution in [1.82, 2.24) is 5.32 Å². The van der Waals surface area contributed by atoms with Crippen LogP contribution in [0.2, 0.25) is 0 Å². The number of anilines is 1. The lowest BCUT2D eigenvalue weighted by molar-refractivity contribution is -0.121. The number of hydrogen-bond acceptors (Lipinski definition) is 2. The summed E-state index contributed by atoms with van der Waals surface area (Å²) in [4.78, 5) is 16.1. The predicted molar refractivity (Wildman–Crippen MR) is 101 cm³/mol. The van der Waals surface area contributed by atoms with Crippen LogP contribution in [0, 0.1) is 0 Å². The summed E-state index contributed by atoms with van der Waals surface area (Å²) < 4.78 is 0. The van der Waals surface area contributed by atoms with Gasteiger partial charge in [-0.15, -0.1) is 0 Å². The van der Waals surface area contributed by atoms with Crippen LogP contribution in [0.1, 0.15) is 29.5 Å². The predicted octanol–water partition coefficient (Wildman–Crippen LogP) is 2.61. The second kappa shape index (κ2) is 8.33. The summed E-state index contributed by atoms with van der Waals surface area (Å²) in [5, 5.41) is 5.98. The molecular formula is C20H24N4O. The maximum atomic E-state index is 11.8. The van der Waals surface area contributed by atoms with Crippen LogP contribution in [0.5, 0.6) is 0 Å². The first-order valence-corrected chi connectivity index (χ1v) is 8.70. The molecule has 0 saturated heterocycles. The summed E-state index contributed by atoms with van der Waals surface area (Å²) in [6.45, 7) is 0.899. The lowest BCUT2D eigenvalue weighted by atomic mass is 10.1. The Balaban J connectivity index is 1.41. The maximum absolute atomic E-state index is 11.8. The van der Waals surface area contributed by atoms with Gasteiger partial charge < -0.3 is 16.4 Å².